The number of hydrogen-bond acceptors (Lipinski definition) is 6. The first-order chi connectivity index (χ1) is 13.1. The van der Waals surface area contributed by atoms with Gasteiger partial charge in [0.25, 0.3) is 0 Å². The van der Waals surface area contributed by atoms with Gasteiger partial charge >= 0.3 is 0 Å². The summed E-state index contributed by atoms with van der Waals surface area (Å²) in [6.45, 7) is 4.72. The molecule has 0 saturated heterocycles. The van der Waals surface area contributed by atoms with Gasteiger partial charge in [0.05, 0.1) is 22.6 Å². The fourth-order valence-corrected chi connectivity index (χ4v) is 9.21. The Morgan fingerprint density at radius 2 is 1.19 bits per heavy atom. The van der Waals surface area contributed by atoms with E-state index < -0.39 is 0 Å². The standard InChI is InChI=1S/C21H20O2S4/c1-10-18(20-16(24-10)6-12(8-22)26-20)14-4-3-5-15(14)19-11(2)25-17-7-13(9-23)27-21(17)19/h6-7,22-23H,3-5,8-9H2,1-2H3. The first kappa shape index (κ1) is 18.0. The minimum absolute atomic E-state index is 0.125. The third-order valence-electron chi connectivity index (χ3n) is 5.32. The Morgan fingerprint density at radius 1 is 0.741 bits per heavy atom. The number of aryl methyl sites for hydroxylation is 2. The maximum atomic E-state index is 9.55. The quantitative estimate of drug-likeness (QED) is 0.367. The molecule has 2 nitrogen and oxygen atoms in total. The topological polar surface area (TPSA) is 40.5 Å². The van der Waals surface area contributed by atoms with Gasteiger partial charge in [-0.15, -0.1) is 45.3 Å². The predicted octanol–water partition coefficient (Wildman–Crippen LogP) is 6.94. The van der Waals surface area contributed by atoms with Crippen molar-refractivity contribution < 1.29 is 10.2 Å². The van der Waals surface area contributed by atoms with Crippen LogP contribution in [0.1, 0.15) is 49.9 Å². The van der Waals surface area contributed by atoms with Crippen LogP contribution in [0.4, 0.5) is 0 Å². The Bertz CT molecular complexity index is 1110. The summed E-state index contributed by atoms with van der Waals surface area (Å²) in [5.74, 6) is 0. The van der Waals surface area contributed by atoms with E-state index in [1.54, 1.807) is 22.7 Å². The van der Waals surface area contributed by atoms with Crippen molar-refractivity contribution in [1.29, 1.82) is 0 Å². The normalized spacial score (nSPS) is 15.1. The monoisotopic (exact) mass is 432 g/mol. The molecule has 140 valence electrons. The van der Waals surface area contributed by atoms with Crippen LogP contribution in [-0.2, 0) is 13.2 Å². The van der Waals surface area contributed by atoms with Crippen LogP contribution in [0.3, 0.4) is 0 Å². The van der Waals surface area contributed by atoms with Crippen LogP contribution in [0.2, 0.25) is 0 Å². The molecule has 0 spiro atoms. The molecule has 0 radical (unpaired) electrons. The van der Waals surface area contributed by atoms with E-state index in [1.165, 1.54) is 57.2 Å². The lowest BCUT2D eigenvalue weighted by molar-refractivity contribution is 0.285. The van der Waals surface area contributed by atoms with Crippen LogP contribution in [0, 0.1) is 13.8 Å². The van der Waals surface area contributed by atoms with E-state index in [0.29, 0.717) is 0 Å². The molecule has 0 atom stereocenters. The number of allylic oxidation sites excluding steroid dienone is 2. The van der Waals surface area contributed by atoms with Gasteiger partial charge in [-0.05, 0) is 56.4 Å². The SMILES string of the molecule is Cc1sc2cc(CO)sc2c1C1=C(c2c(C)sc3cc(CO)sc23)CCC1. The number of aliphatic hydroxyl groups is 2. The summed E-state index contributed by atoms with van der Waals surface area (Å²) in [6, 6.07) is 4.30. The highest BCUT2D eigenvalue weighted by Gasteiger charge is 2.26. The van der Waals surface area contributed by atoms with Gasteiger partial charge in [0.15, 0.2) is 0 Å². The molecular weight excluding hydrogens is 412 g/mol. The van der Waals surface area contributed by atoms with Crippen LogP contribution in [0.15, 0.2) is 12.1 Å². The fraction of sp³-hybridized carbons (Fsp3) is 0.333. The Labute approximate surface area is 174 Å². The van der Waals surface area contributed by atoms with Crippen molar-refractivity contribution in [3.05, 3.63) is 42.8 Å². The van der Waals surface area contributed by atoms with Crippen molar-refractivity contribution in [1.82, 2.24) is 0 Å². The maximum absolute atomic E-state index is 9.55. The molecule has 0 aliphatic heterocycles. The van der Waals surface area contributed by atoms with E-state index in [4.69, 9.17) is 0 Å². The van der Waals surface area contributed by atoms with Gasteiger partial charge in [-0.25, -0.2) is 0 Å². The van der Waals surface area contributed by atoms with E-state index in [-0.39, 0.29) is 13.2 Å². The van der Waals surface area contributed by atoms with E-state index in [1.807, 2.05) is 22.7 Å². The summed E-state index contributed by atoms with van der Waals surface area (Å²) >= 11 is 7.20. The van der Waals surface area contributed by atoms with Crippen LogP contribution in [-0.4, -0.2) is 10.2 Å². The number of hydrogen-bond donors (Lipinski definition) is 2. The zero-order valence-electron chi connectivity index (χ0n) is 15.2. The molecule has 4 aromatic heterocycles. The Kier molecular flexibility index (Phi) is 4.54. The van der Waals surface area contributed by atoms with Crippen molar-refractivity contribution in [2.45, 2.75) is 46.3 Å². The van der Waals surface area contributed by atoms with E-state index in [9.17, 15) is 10.2 Å². The molecule has 0 fully saturated rings. The lowest BCUT2D eigenvalue weighted by Gasteiger charge is -2.09. The molecule has 1 aliphatic carbocycles. The Balaban J connectivity index is 1.76. The highest BCUT2D eigenvalue weighted by molar-refractivity contribution is 7.29. The van der Waals surface area contributed by atoms with Gasteiger partial charge < -0.3 is 10.2 Å². The summed E-state index contributed by atoms with van der Waals surface area (Å²) in [7, 11) is 0. The molecule has 0 bridgehead atoms. The minimum atomic E-state index is 0.125. The molecule has 0 aromatic carbocycles. The third kappa shape index (κ3) is 2.77. The lowest BCUT2D eigenvalue weighted by Crippen LogP contribution is -1.87. The second-order valence-corrected chi connectivity index (χ2v) is 11.8. The van der Waals surface area contributed by atoms with Gasteiger partial charge in [-0.3, -0.25) is 0 Å². The molecular formula is C21H20O2S4. The van der Waals surface area contributed by atoms with Crippen molar-refractivity contribution in [2.24, 2.45) is 0 Å². The molecule has 5 rings (SSSR count). The summed E-state index contributed by atoms with van der Waals surface area (Å²) < 4.78 is 5.31. The Hall–Kier alpha value is -1.02. The summed E-state index contributed by atoms with van der Waals surface area (Å²) in [4.78, 5) is 4.89. The zero-order valence-corrected chi connectivity index (χ0v) is 18.5. The summed E-state index contributed by atoms with van der Waals surface area (Å²) in [6.07, 6.45) is 3.46. The van der Waals surface area contributed by atoms with E-state index in [0.717, 1.165) is 22.6 Å². The molecule has 6 heteroatoms. The second-order valence-electron chi connectivity index (χ2n) is 7.01. The fourth-order valence-electron chi connectivity index (χ4n) is 4.25. The molecule has 27 heavy (non-hydrogen) atoms. The molecule has 0 unspecified atom stereocenters. The molecule has 0 saturated carbocycles. The molecule has 1 aliphatic rings. The van der Waals surface area contributed by atoms with Crippen LogP contribution < -0.4 is 0 Å². The number of rotatable bonds is 4. The lowest BCUT2D eigenvalue weighted by atomic mass is 9.97. The van der Waals surface area contributed by atoms with Gasteiger partial charge in [0.1, 0.15) is 0 Å². The smallest absolute Gasteiger partial charge is 0.0775 e. The minimum Gasteiger partial charge on any atom is -0.391 e. The van der Waals surface area contributed by atoms with Crippen LogP contribution in [0.5, 0.6) is 0 Å². The van der Waals surface area contributed by atoms with Crippen molar-refractivity contribution in [3.8, 4) is 0 Å². The highest BCUT2D eigenvalue weighted by atomic mass is 32.1. The van der Waals surface area contributed by atoms with E-state index in [2.05, 4.69) is 26.0 Å². The Morgan fingerprint density at radius 3 is 1.59 bits per heavy atom. The average Bonchev–Trinajstić information content (AvgIpc) is 3.41. The molecule has 2 N–H and O–H groups in total. The van der Waals surface area contributed by atoms with Crippen LogP contribution in [0.25, 0.3) is 29.9 Å². The van der Waals surface area contributed by atoms with Crippen molar-refractivity contribution >= 4 is 75.3 Å². The predicted molar refractivity (Wildman–Crippen MR) is 121 cm³/mol. The van der Waals surface area contributed by atoms with E-state index >= 15 is 0 Å². The highest BCUT2D eigenvalue weighted by Crippen LogP contribution is 2.51. The number of fused-ring (bicyclic) bond motifs is 2. The first-order valence-corrected chi connectivity index (χ1v) is 12.4. The third-order valence-corrected chi connectivity index (χ3v) is 9.95. The second kappa shape index (κ2) is 6.79. The van der Waals surface area contributed by atoms with Crippen molar-refractivity contribution in [3.63, 3.8) is 0 Å². The maximum Gasteiger partial charge on any atom is 0.0775 e. The van der Waals surface area contributed by atoms with Crippen molar-refractivity contribution in [2.75, 3.05) is 0 Å². The largest absolute Gasteiger partial charge is 0.391 e. The van der Waals surface area contributed by atoms with Gasteiger partial charge in [-0.2, -0.15) is 0 Å². The number of aliphatic hydroxyl groups excluding tert-OH is 2. The van der Waals surface area contributed by atoms with Crippen LogP contribution >= 0.6 is 45.3 Å². The summed E-state index contributed by atoms with van der Waals surface area (Å²) in [5, 5.41) is 19.1. The van der Waals surface area contributed by atoms with Gasteiger partial charge in [0.2, 0.25) is 0 Å². The molecule has 0 amide bonds. The first-order valence-electron chi connectivity index (χ1n) is 9.08. The molecule has 4 heterocycles. The summed E-state index contributed by atoms with van der Waals surface area (Å²) in [5.41, 5.74) is 5.86. The van der Waals surface area contributed by atoms with Gasteiger partial charge in [-0.1, -0.05) is 0 Å². The zero-order chi connectivity index (χ0) is 18.7. The molecule has 4 aromatic rings. The average molecular weight is 433 g/mol. The number of thiophene rings is 4. The van der Waals surface area contributed by atoms with Gasteiger partial charge in [0, 0.05) is 40.0 Å².